The van der Waals surface area contributed by atoms with Crippen LogP contribution >= 0.6 is 0 Å². The average Bonchev–Trinajstić information content (AvgIpc) is 2.87. The van der Waals surface area contributed by atoms with E-state index in [1.807, 2.05) is 6.92 Å². The minimum atomic E-state index is -4.27. The SMILES string of the molecule is CC[N+](C)(C)CCCN1C(=O)CCC1=O.Cc1ccc(S(=O)(=O)[O-])cc1. The number of imide groups is 1. The fourth-order valence-corrected chi connectivity index (χ4v) is 2.86. The van der Waals surface area contributed by atoms with Crippen molar-refractivity contribution in [3.8, 4) is 0 Å². The number of carbonyl (C=O) groups excluding carboxylic acids is 2. The van der Waals surface area contributed by atoms with E-state index in [2.05, 4.69) is 21.0 Å². The normalized spacial score (nSPS) is 15.0. The number of quaternary nitrogens is 1. The molecule has 0 aliphatic carbocycles. The van der Waals surface area contributed by atoms with Crippen molar-refractivity contribution < 1.29 is 27.0 Å². The summed E-state index contributed by atoms with van der Waals surface area (Å²) in [6.45, 7) is 6.64. The summed E-state index contributed by atoms with van der Waals surface area (Å²) < 4.78 is 32.1. The van der Waals surface area contributed by atoms with Crippen LogP contribution in [0.5, 0.6) is 0 Å². The molecule has 7 nitrogen and oxygen atoms in total. The Morgan fingerprint density at radius 1 is 1.08 bits per heavy atom. The number of nitrogens with zero attached hydrogens (tertiary/aromatic N) is 2. The minimum Gasteiger partial charge on any atom is -0.744 e. The summed E-state index contributed by atoms with van der Waals surface area (Å²) >= 11 is 0. The molecule has 1 aromatic rings. The molecule has 0 unspecified atom stereocenters. The average molecular weight is 384 g/mol. The molecule has 0 N–H and O–H groups in total. The van der Waals surface area contributed by atoms with Crippen molar-refractivity contribution in [3.63, 3.8) is 0 Å². The van der Waals surface area contributed by atoms with Gasteiger partial charge in [0.15, 0.2) is 0 Å². The number of carbonyl (C=O) groups is 2. The van der Waals surface area contributed by atoms with Crippen molar-refractivity contribution in [1.82, 2.24) is 4.90 Å². The van der Waals surface area contributed by atoms with Gasteiger partial charge in [0.1, 0.15) is 10.1 Å². The maximum absolute atomic E-state index is 11.3. The molecule has 0 atom stereocenters. The van der Waals surface area contributed by atoms with Gasteiger partial charge in [-0.3, -0.25) is 14.5 Å². The maximum atomic E-state index is 11.3. The van der Waals surface area contributed by atoms with E-state index < -0.39 is 10.1 Å². The van der Waals surface area contributed by atoms with Crippen LogP contribution in [-0.2, 0) is 19.7 Å². The lowest BCUT2D eigenvalue weighted by atomic mass is 10.2. The first-order chi connectivity index (χ1) is 12.0. The Balaban J connectivity index is 0.000000273. The van der Waals surface area contributed by atoms with Crippen LogP contribution in [0.4, 0.5) is 0 Å². The van der Waals surface area contributed by atoms with E-state index >= 15 is 0 Å². The fraction of sp³-hybridized carbons (Fsp3) is 0.556. The molecule has 0 saturated carbocycles. The van der Waals surface area contributed by atoms with Crippen molar-refractivity contribution in [2.24, 2.45) is 0 Å². The van der Waals surface area contributed by atoms with Crippen LogP contribution in [0, 0.1) is 6.92 Å². The molecule has 1 aliphatic rings. The highest BCUT2D eigenvalue weighted by atomic mass is 32.2. The third-order valence-electron chi connectivity index (χ3n) is 4.47. The summed E-state index contributed by atoms with van der Waals surface area (Å²) in [5.41, 5.74) is 0.928. The molecule has 0 spiro atoms. The topological polar surface area (TPSA) is 94.6 Å². The van der Waals surface area contributed by atoms with Crippen molar-refractivity contribution in [3.05, 3.63) is 29.8 Å². The standard InChI is InChI=1S/C11H21N2O2.C7H8O3S/c1-4-13(2,3)9-5-8-12-10(14)6-7-11(12)15;1-6-2-4-7(5-3-6)11(8,9)10/h4-9H2,1-3H3;2-5H,1H3,(H,8,9,10)/q+1;/p-1. The highest BCUT2D eigenvalue weighted by molar-refractivity contribution is 7.85. The van der Waals surface area contributed by atoms with Gasteiger partial charge in [0.05, 0.1) is 32.1 Å². The summed E-state index contributed by atoms with van der Waals surface area (Å²) in [4.78, 5) is 23.9. The van der Waals surface area contributed by atoms with Crippen LogP contribution in [0.25, 0.3) is 0 Å². The molecule has 0 radical (unpaired) electrons. The van der Waals surface area contributed by atoms with Gasteiger partial charge in [0.2, 0.25) is 11.8 Å². The van der Waals surface area contributed by atoms with E-state index in [9.17, 15) is 22.6 Å². The number of rotatable bonds is 6. The van der Waals surface area contributed by atoms with E-state index in [4.69, 9.17) is 0 Å². The molecule has 8 heteroatoms. The number of aryl methyl sites for hydroxylation is 1. The highest BCUT2D eigenvalue weighted by Gasteiger charge is 2.28. The summed E-state index contributed by atoms with van der Waals surface area (Å²) in [5.74, 6) is 0.00334. The molecule has 2 amide bonds. The summed E-state index contributed by atoms with van der Waals surface area (Å²) in [6.07, 6.45) is 1.72. The van der Waals surface area contributed by atoms with E-state index in [0.29, 0.717) is 19.4 Å². The van der Waals surface area contributed by atoms with Crippen LogP contribution in [-0.4, -0.2) is 67.9 Å². The molecular formula is C18H28N2O5S. The van der Waals surface area contributed by atoms with E-state index in [0.717, 1.165) is 29.6 Å². The summed E-state index contributed by atoms with van der Waals surface area (Å²) in [6, 6.07) is 5.78. The molecule has 1 heterocycles. The summed E-state index contributed by atoms with van der Waals surface area (Å²) in [5, 5.41) is 0. The third kappa shape index (κ3) is 7.23. The monoisotopic (exact) mass is 384 g/mol. The lowest BCUT2D eigenvalue weighted by molar-refractivity contribution is -0.888. The lowest BCUT2D eigenvalue weighted by Gasteiger charge is -2.28. The fourth-order valence-electron chi connectivity index (χ4n) is 2.39. The van der Waals surface area contributed by atoms with E-state index in [-0.39, 0.29) is 16.7 Å². The van der Waals surface area contributed by atoms with Gasteiger partial charge in [-0.1, -0.05) is 17.7 Å². The van der Waals surface area contributed by atoms with Crippen LogP contribution in [0.2, 0.25) is 0 Å². The van der Waals surface area contributed by atoms with Gasteiger partial charge in [-0.15, -0.1) is 0 Å². The number of hydrogen-bond donors (Lipinski definition) is 0. The van der Waals surface area contributed by atoms with Crippen LogP contribution in [0.15, 0.2) is 29.2 Å². The second kappa shape index (κ2) is 9.25. The van der Waals surface area contributed by atoms with Gasteiger partial charge in [-0.2, -0.15) is 0 Å². The Hall–Kier alpha value is -1.77. The van der Waals surface area contributed by atoms with E-state index in [1.54, 1.807) is 12.1 Å². The molecule has 0 bridgehead atoms. The third-order valence-corrected chi connectivity index (χ3v) is 5.32. The van der Waals surface area contributed by atoms with Crippen molar-refractivity contribution in [1.29, 1.82) is 0 Å². The van der Waals surface area contributed by atoms with E-state index in [1.165, 1.54) is 17.0 Å². The Morgan fingerprint density at radius 2 is 1.58 bits per heavy atom. The van der Waals surface area contributed by atoms with Crippen LogP contribution in [0.3, 0.4) is 0 Å². The van der Waals surface area contributed by atoms with Crippen molar-refractivity contribution in [2.75, 3.05) is 33.7 Å². The second-order valence-electron chi connectivity index (χ2n) is 7.04. The van der Waals surface area contributed by atoms with Crippen molar-refractivity contribution in [2.45, 2.75) is 38.0 Å². The number of likely N-dealkylation sites (tertiary alicyclic amines) is 1. The molecule has 1 aromatic carbocycles. The molecule has 2 rings (SSSR count). The van der Waals surface area contributed by atoms with Gasteiger partial charge < -0.3 is 9.04 Å². The second-order valence-corrected chi connectivity index (χ2v) is 8.42. The molecule has 26 heavy (non-hydrogen) atoms. The zero-order valence-electron chi connectivity index (χ0n) is 15.9. The lowest BCUT2D eigenvalue weighted by Crippen LogP contribution is -2.42. The molecule has 0 aromatic heterocycles. The van der Waals surface area contributed by atoms with Crippen molar-refractivity contribution >= 4 is 21.9 Å². The van der Waals surface area contributed by atoms with Gasteiger partial charge in [-0.25, -0.2) is 8.42 Å². The number of amides is 2. The van der Waals surface area contributed by atoms with Gasteiger partial charge in [0, 0.05) is 25.8 Å². The largest absolute Gasteiger partial charge is 0.744 e. The molecule has 1 aliphatic heterocycles. The van der Waals surface area contributed by atoms with Crippen LogP contribution in [0.1, 0.15) is 31.7 Å². The molecule has 1 fully saturated rings. The van der Waals surface area contributed by atoms with Crippen LogP contribution < -0.4 is 0 Å². The Kier molecular flexibility index (Phi) is 7.92. The first-order valence-corrected chi connectivity index (χ1v) is 10.0. The smallest absolute Gasteiger partial charge is 0.229 e. The first kappa shape index (κ1) is 22.3. The Labute approximate surface area is 155 Å². The van der Waals surface area contributed by atoms with Gasteiger partial charge >= 0.3 is 0 Å². The van der Waals surface area contributed by atoms with Gasteiger partial charge in [0.25, 0.3) is 0 Å². The number of hydrogen-bond acceptors (Lipinski definition) is 5. The zero-order valence-corrected chi connectivity index (χ0v) is 16.7. The summed E-state index contributed by atoms with van der Waals surface area (Å²) in [7, 11) is 0.0511. The molecule has 1 saturated heterocycles. The Morgan fingerprint density at radius 3 is 2.00 bits per heavy atom. The first-order valence-electron chi connectivity index (χ1n) is 8.64. The molecule has 146 valence electrons. The highest BCUT2D eigenvalue weighted by Crippen LogP contribution is 2.12. The minimum absolute atomic E-state index is 0.00167. The van der Waals surface area contributed by atoms with Gasteiger partial charge in [-0.05, 0) is 26.0 Å². The quantitative estimate of drug-likeness (QED) is 0.421. The maximum Gasteiger partial charge on any atom is 0.229 e. The predicted molar refractivity (Wildman–Crippen MR) is 97.2 cm³/mol. The molecular weight excluding hydrogens is 356 g/mol. The predicted octanol–water partition coefficient (Wildman–Crippen LogP) is 1.52. The number of benzene rings is 1. The zero-order chi connectivity index (χ0) is 20.0. The Bertz CT molecular complexity index is 710.